The SMILES string of the molecule is CC(C)N(CCCO)CCCOc1cccc(C(N)=S)c1. The fourth-order valence-corrected chi connectivity index (χ4v) is 2.23. The van der Waals surface area contributed by atoms with Crippen molar-refractivity contribution in [3.8, 4) is 5.75 Å². The van der Waals surface area contributed by atoms with E-state index in [0.29, 0.717) is 17.6 Å². The maximum absolute atomic E-state index is 8.92. The molecule has 21 heavy (non-hydrogen) atoms. The highest BCUT2D eigenvalue weighted by Gasteiger charge is 2.08. The van der Waals surface area contributed by atoms with Gasteiger partial charge in [0.2, 0.25) is 0 Å². The molecule has 0 aliphatic rings. The molecule has 0 saturated heterocycles. The summed E-state index contributed by atoms with van der Waals surface area (Å²) in [6.45, 7) is 7.13. The number of hydrogen-bond acceptors (Lipinski definition) is 4. The molecule has 0 amide bonds. The third-order valence-corrected chi connectivity index (χ3v) is 3.55. The first-order valence-corrected chi connectivity index (χ1v) is 7.83. The summed E-state index contributed by atoms with van der Waals surface area (Å²) in [5.74, 6) is 0.798. The lowest BCUT2D eigenvalue weighted by Gasteiger charge is -2.26. The Balaban J connectivity index is 2.35. The second-order valence-corrected chi connectivity index (χ2v) is 5.74. The number of aliphatic hydroxyl groups is 1. The third-order valence-electron chi connectivity index (χ3n) is 3.31. The van der Waals surface area contributed by atoms with Crippen LogP contribution < -0.4 is 10.5 Å². The van der Waals surface area contributed by atoms with Gasteiger partial charge in [-0.05, 0) is 38.8 Å². The molecule has 3 N–H and O–H groups in total. The van der Waals surface area contributed by atoms with Crippen LogP contribution in [0.5, 0.6) is 5.75 Å². The lowest BCUT2D eigenvalue weighted by molar-refractivity contribution is 0.177. The van der Waals surface area contributed by atoms with Gasteiger partial charge in [-0.2, -0.15) is 0 Å². The fraction of sp³-hybridized carbons (Fsp3) is 0.562. The molecule has 0 heterocycles. The average Bonchev–Trinajstić information content (AvgIpc) is 2.46. The van der Waals surface area contributed by atoms with E-state index in [2.05, 4.69) is 18.7 Å². The lowest BCUT2D eigenvalue weighted by atomic mass is 10.2. The molecule has 1 rings (SSSR count). The van der Waals surface area contributed by atoms with Crippen LogP contribution in [0.15, 0.2) is 24.3 Å². The zero-order valence-electron chi connectivity index (χ0n) is 12.9. The van der Waals surface area contributed by atoms with Crippen molar-refractivity contribution < 1.29 is 9.84 Å². The zero-order valence-corrected chi connectivity index (χ0v) is 13.7. The van der Waals surface area contributed by atoms with E-state index in [1.54, 1.807) is 0 Å². The van der Waals surface area contributed by atoms with E-state index in [4.69, 9.17) is 27.8 Å². The van der Waals surface area contributed by atoms with Gasteiger partial charge in [-0.15, -0.1) is 0 Å². The molecular formula is C16H26N2O2S. The molecule has 0 aliphatic carbocycles. The predicted octanol–water partition coefficient (Wildman–Crippen LogP) is 2.18. The highest BCUT2D eigenvalue weighted by molar-refractivity contribution is 7.80. The first-order chi connectivity index (χ1) is 10.0. The van der Waals surface area contributed by atoms with Crippen LogP contribution in [0.3, 0.4) is 0 Å². The Bertz CT molecular complexity index is 438. The second kappa shape index (κ2) is 9.71. The van der Waals surface area contributed by atoms with E-state index in [9.17, 15) is 0 Å². The summed E-state index contributed by atoms with van der Waals surface area (Å²) in [6, 6.07) is 8.03. The van der Waals surface area contributed by atoms with E-state index in [-0.39, 0.29) is 6.61 Å². The number of benzene rings is 1. The van der Waals surface area contributed by atoms with E-state index in [0.717, 1.165) is 37.2 Å². The molecule has 0 aliphatic heterocycles. The van der Waals surface area contributed by atoms with E-state index in [1.807, 2.05) is 24.3 Å². The van der Waals surface area contributed by atoms with Gasteiger partial charge in [0.25, 0.3) is 0 Å². The fourth-order valence-electron chi connectivity index (χ4n) is 2.10. The monoisotopic (exact) mass is 310 g/mol. The normalized spacial score (nSPS) is 11.1. The van der Waals surface area contributed by atoms with Crippen LogP contribution in [0.4, 0.5) is 0 Å². The Labute approximate surface area is 132 Å². The molecule has 5 heteroatoms. The van der Waals surface area contributed by atoms with Crippen LogP contribution in [0.1, 0.15) is 32.3 Å². The van der Waals surface area contributed by atoms with Gasteiger partial charge in [0.15, 0.2) is 0 Å². The highest BCUT2D eigenvalue weighted by atomic mass is 32.1. The number of hydrogen-bond donors (Lipinski definition) is 2. The summed E-state index contributed by atoms with van der Waals surface area (Å²) in [7, 11) is 0. The predicted molar refractivity (Wildman–Crippen MR) is 90.9 cm³/mol. The number of aliphatic hydroxyl groups excluding tert-OH is 1. The van der Waals surface area contributed by atoms with Gasteiger partial charge >= 0.3 is 0 Å². The minimum atomic E-state index is 0.242. The van der Waals surface area contributed by atoms with Crippen LogP contribution in [0, 0.1) is 0 Å². The Morgan fingerprint density at radius 3 is 2.67 bits per heavy atom. The molecule has 0 atom stereocenters. The highest BCUT2D eigenvalue weighted by Crippen LogP contribution is 2.13. The maximum Gasteiger partial charge on any atom is 0.119 e. The van der Waals surface area contributed by atoms with Crippen molar-refractivity contribution in [3.05, 3.63) is 29.8 Å². The van der Waals surface area contributed by atoms with E-state index < -0.39 is 0 Å². The first kappa shape index (κ1) is 17.9. The molecule has 0 radical (unpaired) electrons. The Morgan fingerprint density at radius 1 is 1.33 bits per heavy atom. The minimum absolute atomic E-state index is 0.242. The quantitative estimate of drug-likeness (QED) is 0.512. The summed E-state index contributed by atoms with van der Waals surface area (Å²) in [5.41, 5.74) is 6.43. The summed E-state index contributed by atoms with van der Waals surface area (Å²) < 4.78 is 5.74. The Morgan fingerprint density at radius 2 is 2.05 bits per heavy atom. The van der Waals surface area contributed by atoms with E-state index >= 15 is 0 Å². The van der Waals surface area contributed by atoms with Crippen LogP contribution in [0.25, 0.3) is 0 Å². The van der Waals surface area contributed by atoms with Crippen LogP contribution in [-0.2, 0) is 0 Å². The molecule has 118 valence electrons. The minimum Gasteiger partial charge on any atom is -0.494 e. The molecule has 1 aromatic carbocycles. The Kier molecular flexibility index (Phi) is 8.27. The zero-order chi connectivity index (χ0) is 15.7. The molecule has 1 aromatic rings. The molecule has 0 saturated carbocycles. The van der Waals surface area contributed by atoms with Crippen molar-refractivity contribution in [3.63, 3.8) is 0 Å². The second-order valence-electron chi connectivity index (χ2n) is 5.30. The molecule has 0 spiro atoms. The van der Waals surface area contributed by atoms with Gasteiger partial charge in [-0.1, -0.05) is 24.4 Å². The number of rotatable bonds is 10. The lowest BCUT2D eigenvalue weighted by Crippen LogP contribution is -2.33. The van der Waals surface area contributed by atoms with Gasteiger partial charge in [0, 0.05) is 31.3 Å². The molecule has 0 unspecified atom stereocenters. The summed E-state index contributed by atoms with van der Waals surface area (Å²) in [4.78, 5) is 2.74. The van der Waals surface area contributed by atoms with Crippen molar-refractivity contribution in [1.29, 1.82) is 0 Å². The number of ether oxygens (including phenoxy) is 1. The van der Waals surface area contributed by atoms with Crippen LogP contribution >= 0.6 is 12.2 Å². The van der Waals surface area contributed by atoms with Crippen LogP contribution in [0.2, 0.25) is 0 Å². The topological polar surface area (TPSA) is 58.7 Å². The van der Waals surface area contributed by atoms with Crippen LogP contribution in [-0.4, -0.2) is 47.3 Å². The van der Waals surface area contributed by atoms with Crippen molar-refractivity contribution in [1.82, 2.24) is 4.90 Å². The van der Waals surface area contributed by atoms with Crippen molar-refractivity contribution >= 4 is 17.2 Å². The van der Waals surface area contributed by atoms with Gasteiger partial charge in [-0.25, -0.2) is 0 Å². The molecule has 0 aromatic heterocycles. The summed E-state index contributed by atoms with van der Waals surface area (Å²) in [5, 5.41) is 8.92. The molecule has 0 fully saturated rings. The van der Waals surface area contributed by atoms with Gasteiger partial charge in [-0.3, -0.25) is 0 Å². The Hall–Kier alpha value is -1.17. The van der Waals surface area contributed by atoms with Crippen molar-refractivity contribution in [2.45, 2.75) is 32.7 Å². The van der Waals surface area contributed by atoms with E-state index in [1.165, 1.54) is 0 Å². The summed E-state index contributed by atoms with van der Waals surface area (Å²) in [6.07, 6.45) is 1.76. The maximum atomic E-state index is 8.92. The van der Waals surface area contributed by atoms with Gasteiger partial charge in [0.1, 0.15) is 10.7 Å². The number of thiocarbonyl (C=S) groups is 1. The molecule has 4 nitrogen and oxygen atoms in total. The number of nitrogens with two attached hydrogens (primary N) is 1. The third kappa shape index (κ3) is 6.89. The molecule has 0 bridgehead atoms. The van der Waals surface area contributed by atoms with Crippen molar-refractivity contribution in [2.24, 2.45) is 5.73 Å². The average molecular weight is 310 g/mol. The summed E-state index contributed by atoms with van der Waals surface area (Å²) >= 11 is 4.96. The van der Waals surface area contributed by atoms with Gasteiger partial charge < -0.3 is 20.5 Å². The standard InChI is InChI=1S/C16H26N2O2S/c1-13(2)18(8-4-10-19)9-5-11-20-15-7-3-6-14(12-15)16(17)21/h3,6-7,12-13,19H,4-5,8-11H2,1-2H3,(H2,17,21). The van der Waals surface area contributed by atoms with Crippen molar-refractivity contribution in [2.75, 3.05) is 26.3 Å². The first-order valence-electron chi connectivity index (χ1n) is 7.42. The molecular weight excluding hydrogens is 284 g/mol. The number of nitrogens with zero attached hydrogens (tertiary/aromatic N) is 1. The largest absolute Gasteiger partial charge is 0.494 e. The van der Waals surface area contributed by atoms with Gasteiger partial charge in [0.05, 0.1) is 6.61 Å². The smallest absolute Gasteiger partial charge is 0.119 e.